The van der Waals surface area contributed by atoms with Crippen molar-refractivity contribution >= 4 is 29.7 Å². The van der Waals surface area contributed by atoms with Gasteiger partial charge in [-0.15, -0.1) is 23.7 Å². The molecule has 0 bridgehead atoms. The summed E-state index contributed by atoms with van der Waals surface area (Å²) < 4.78 is 0. The minimum Gasteiger partial charge on any atom is -0.338 e. The third-order valence-corrected chi connectivity index (χ3v) is 6.52. The summed E-state index contributed by atoms with van der Waals surface area (Å²) in [5.74, 6) is 1.02. The van der Waals surface area contributed by atoms with E-state index in [1.807, 2.05) is 0 Å². The summed E-state index contributed by atoms with van der Waals surface area (Å²) in [5.41, 5.74) is 1.46. The molecule has 0 atom stereocenters. The van der Waals surface area contributed by atoms with Crippen LogP contribution >= 0.6 is 23.7 Å². The lowest BCUT2D eigenvalue weighted by molar-refractivity contribution is 0.0695. The van der Waals surface area contributed by atoms with Crippen molar-refractivity contribution in [2.45, 2.75) is 58.3 Å². The quantitative estimate of drug-likeness (QED) is 0.857. The molecule has 1 aliphatic carbocycles. The van der Waals surface area contributed by atoms with Gasteiger partial charge in [-0.2, -0.15) is 0 Å². The first-order valence-electron chi connectivity index (χ1n) is 9.39. The highest BCUT2D eigenvalue weighted by Crippen LogP contribution is 2.30. The second-order valence-electron chi connectivity index (χ2n) is 7.02. The van der Waals surface area contributed by atoms with E-state index in [0.717, 1.165) is 49.8 Å². The highest BCUT2D eigenvalue weighted by molar-refractivity contribution is 7.14. The van der Waals surface area contributed by atoms with Gasteiger partial charge < -0.3 is 10.2 Å². The Labute approximate surface area is 156 Å². The zero-order chi connectivity index (χ0) is 16.1. The minimum atomic E-state index is 0. The van der Waals surface area contributed by atoms with Crippen LogP contribution in [0.4, 0.5) is 0 Å². The summed E-state index contributed by atoms with van der Waals surface area (Å²) in [6, 6.07) is 2.21. The molecule has 1 aliphatic heterocycles. The van der Waals surface area contributed by atoms with Crippen LogP contribution in [0.2, 0.25) is 0 Å². The van der Waals surface area contributed by atoms with E-state index in [9.17, 15) is 4.79 Å². The largest absolute Gasteiger partial charge is 0.338 e. The van der Waals surface area contributed by atoms with Crippen LogP contribution in [0.3, 0.4) is 0 Å². The van der Waals surface area contributed by atoms with E-state index in [1.54, 1.807) is 11.3 Å². The molecule has 0 aromatic carbocycles. The Morgan fingerprint density at radius 2 is 1.92 bits per heavy atom. The van der Waals surface area contributed by atoms with Crippen molar-refractivity contribution in [1.29, 1.82) is 0 Å². The zero-order valence-electron chi connectivity index (χ0n) is 14.8. The molecule has 3 nitrogen and oxygen atoms in total. The number of nitrogens with one attached hydrogen (secondary N) is 1. The van der Waals surface area contributed by atoms with E-state index in [2.05, 4.69) is 23.2 Å². The van der Waals surface area contributed by atoms with Crippen molar-refractivity contribution in [2.24, 2.45) is 5.92 Å². The van der Waals surface area contributed by atoms with E-state index in [1.165, 1.54) is 49.0 Å². The predicted molar refractivity (Wildman–Crippen MR) is 105 cm³/mol. The maximum atomic E-state index is 12.8. The van der Waals surface area contributed by atoms with Crippen LogP contribution in [0.25, 0.3) is 0 Å². The van der Waals surface area contributed by atoms with Crippen molar-refractivity contribution in [2.75, 3.05) is 26.2 Å². The van der Waals surface area contributed by atoms with E-state index in [0.29, 0.717) is 0 Å². The fourth-order valence-electron chi connectivity index (χ4n) is 3.79. The lowest BCUT2D eigenvalue weighted by Gasteiger charge is -2.31. The minimum absolute atomic E-state index is 0. The van der Waals surface area contributed by atoms with Crippen LogP contribution in [0.15, 0.2) is 6.07 Å². The summed E-state index contributed by atoms with van der Waals surface area (Å²) in [4.78, 5) is 17.4. The number of hydrogen-bond donors (Lipinski definition) is 1. The van der Waals surface area contributed by atoms with Crippen LogP contribution in [-0.2, 0) is 12.8 Å². The van der Waals surface area contributed by atoms with Crippen molar-refractivity contribution < 1.29 is 4.79 Å². The van der Waals surface area contributed by atoms with Crippen LogP contribution < -0.4 is 5.32 Å². The lowest BCUT2D eigenvalue weighted by atomic mass is 9.96. The molecule has 0 radical (unpaired) electrons. The molecule has 2 aliphatic rings. The first-order valence-corrected chi connectivity index (χ1v) is 10.2. The highest BCUT2D eigenvalue weighted by atomic mass is 35.5. The maximum absolute atomic E-state index is 12.8. The molecule has 1 aromatic rings. The molecule has 0 spiro atoms. The number of likely N-dealkylation sites (tertiary alicyclic amines) is 1. The number of hydrogen-bond acceptors (Lipinski definition) is 3. The van der Waals surface area contributed by atoms with Gasteiger partial charge in [-0.05, 0) is 69.2 Å². The molecule has 1 saturated heterocycles. The van der Waals surface area contributed by atoms with E-state index < -0.39 is 0 Å². The number of rotatable bonds is 4. The van der Waals surface area contributed by atoms with E-state index >= 15 is 0 Å². The molecule has 1 fully saturated rings. The summed E-state index contributed by atoms with van der Waals surface area (Å²) in [6.07, 6.45) is 9.90. The van der Waals surface area contributed by atoms with Crippen molar-refractivity contribution in [1.82, 2.24) is 10.2 Å². The fourth-order valence-corrected chi connectivity index (χ4v) is 5.02. The molecule has 24 heavy (non-hydrogen) atoms. The van der Waals surface area contributed by atoms with Crippen molar-refractivity contribution in [3.05, 3.63) is 21.4 Å². The van der Waals surface area contributed by atoms with Gasteiger partial charge in [-0.3, -0.25) is 4.79 Å². The van der Waals surface area contributed by atoms with Gasteiger partial charge in [0, 0.05) is 18.0 Å². The summed E-state index contributed by atoms with van der Waals surface area (Å²) in [6.45, 7) is 6.16. The monoisotopic (exact) mass is 370 g/mol. The van der Waals surface area contributed by atoms with Crippen molar-refractivity contribution in [3.8, 4) is 0 Å². The van der Waals surface area contributed by atoms with Crippen LogP contribution in [0.1, 0.15) is 65.6 Å². The van der Waals surface area contributed by atoms with Crippen LogP contribution in [-0.4, -0.2) is 37.0 Å². The Morgan fingerprint density at radius 3 is 2.62 bits per heavy atom. The average molecular weight is 371 g/mol. The maximum Gasteiger partial charge on any atom is 0.263 e. The third-order valence-electron chi connectivity index (χ3n) is 5.29. The number of carbonyl (C=O) groups excluding carboxylic acids is 1. The number of thiophene rings is 1. The Balaban J connectivity index is 0.00000208. The Kier molecular flexibility index (Phi) is 8.05. The fraction of sp³-hybridized carbons (Fsp3) is 0.737. The summed E-state index contributed by atoms with van der Waals surface area (Å²) in [5, 5.41) is 3.44. The standard InChI is InChI=1S/C19H30N2OS.ClH/c1-2-20-14-15-9-11-21(12-10-15)19(22)18-13-16-7-5-3-4-6-8-17(16)23-18;/h13,15,20H,2-12,14H2,1H3;1H. The Bertz CT molecular complexity index is 498. The first kappa shape index (κ1) is 19.7. The average Bonchev–Trinajstić information content (AvgIpc) is 2.95. The van der Waals surface area contributed by atoms with Crippen LogP contribution in [0, 0.1) is 5.92 Å². The molecule has 2 heterocycles. The molecule has 1 N–H and O–H groups in total. The van der Waals surface area contributed by atoms with Gasteiger partial charge in [-0.1, -0.05) is 19.8 Å². The van der Waals surface area contributed by atoms with Gasteiger partial charge in [0.1, 0.15) is 0 Å². The second-order valence-corrected chi connectivity index (χ2v) is 8.15. The molecule has 0 unspecified atom stereocenters. The van der Waals surface area contributed by atoms with Gasteiger partial charge in [0.15, 0.2) is 0 Å². The van der Waals surface area contributed by atoms with Gasteiger partial charge in [0.25, 0.3) is 5.91 Å². The molecule has 0 saturated carbocycles. The second kappa shape index (κ2) is 9.79. The van der Waals surface area contributed by atoms with E-state index in [4.69, 9.17) is 0 Å². The lowest BCUT2D eigenvalue weighted by Crippen LogP contribution is -2.40. The summed E-state index contributed by atoms with van der Waals surface area (Å²) >= 11 is 1.77. The molecular weight excluding hydrogens is 340 g/mol. The van der Waals surface area contributed by atoms with Crippen LogP contribution in [0.5, 0.6) is 0 Å². The summed E-state index contributed by atoms with van der Waals surface area (Å²) in [7, 11) is 0. The topological polar surface area (TPSA) is 32.3 Å². The molecule has 1 amide bonds. The van der Waals surface area contributed by atoms with E-state index in [-0.39, 0.29) is 18.3 Å². The number of halogens is 1. The number of aryl methyl sites for hydroxylation is 2. The molecule has 5 heteroatoms. The third kappa shape index (κ3) is 4.96. The smallest absolute Gasteiger partial charge is 0.263 e. The zero-order valence-corrected chi connectivity index (χ0v) is 16.4. The Hall–Kier alpha value is -0.580. The SMILES string of the molecule is CCNCC1CCN(C(=O)c2cc3c(s2)CCCCCC3)CC1.Cl. The highest BCUT2D eigenvalue weighted by Gasteiger charge is 2.25. The number of nitrogens with zero attached hydrogens (tertiary/aromatic N) is 1. The van der Waals surface area contributed by atoms with Gasteiger partial charge in [0.2, 0.25) is 0 Å². The predicted octanol–water partition coefficient (Wildman–Crippen LogP) is 4.29. The number of piperidine rings is 1. The van der Waals surface area contributed by atoms with Gasteiger partial charge in [0.05, 0.1) is 4.88 Å². The number of carbonyl (C=O) groups is 1. The number of amides is 1. The molecular formula is C19H31ClN2OS. The molecule has 1 aromatic heterocycles. The van der Waals surface area contributed by atoms with Gasteiger partial charge >= 0.3 is 0 Å². The van der Waals surface area contributed by atoms with Crippen molar-refractivity contribution in [3.63, 3.8) is 0 Å². The molecule has 136 valence electrons. The Morgan fingerprint density at radius 1 is 1.21 bits per heavy atom. The number of fused-ring (bicyclic) bond motifs is 1. The molecule has 3 rings (SSSR count). The first-order chi connectivity index (χ1) is 11.3. The van der Waals surface area contributed by atoms with Gasteiger partial charge in [-0.25, -0.2) is 0 Å². The normalized spacial score (nSPS) is 19.1.